The summed E-state index contributed by atoms with van der Waals surface area (Å²) in [7, 11) is 0. The molecule has 7 heteroatoms. The Labute approximate surface area is 164 Å². The summed E-state index contributed by atoms with van der Waals surface area (Å²) in [6.45, 7) is 3.67. The van der Waals surface area contributed by atoms with Crippen LogP contribution in [0.25, 0.3) is 0 Å². The van der Waals surface area contributed by atoms with Gasteiger partial charge in [0.25, 0.3) is 11.8 Å². The van der Waals surface area contributed by atoms with Crippen LogP contribution in [0.1, 0.15) is 46.9 Å². The second-order valence-electron chi connectivity index (χ2n) is 6.90. The van der Waals surface area contributed by atoms with Gasteiger partial charge in [-0.2, -0.15) is 0 Å². The van der Waals surface area contributed by atoms with Crippen LogP contribution in [-0.2, 0) is 4.79 Å². The molecular formula is C21H25N3O4. The van der Waals surface area contributed by atoms with Crippen molar-refractivity contribution >= 4 is 23.4 Å². The summed E-state index contributed by atoms with van der Waals surface area (Å²) in [5.74, 6) is -0.463. The number of anilines is 1. The molecule has 28 heavy (non-hydrogen) atoms. The van der Waals surface area contributed by atoms with E-state index in [2.05, 4.69) is 10.6 Å². The van der Waals surface area contributed by atoms with E-state index in [1.165, 1.54) is 12.5 Å². The van der Waals surface area contributed by atoms with Gasteiger partial charge in [0.15, 0.2) is 0 Å². The first-order chi connectivity index (χ1) is 13.6. The molecule has 2 heterocycles. The van der Waals surface area contributed by atoms with Crippen LogP contribution >= 0.6 is 0 Å². The lowest BCUT2D eigenvalue weighted by atomic mass is 9.95. The SMILES string of the molecule is CCCNC(=O)c1cccc(NC(=O)C2CCN(C(=O)c3ccoc3)CC2)c1. The van der Waals surface area contributed by atoms with E-state index < -0.39 is 0 Å². The Balaban J connectivity index is 1.53. The highest BCUT2D eigenvalue weighted by atomic mass is 16.3. The van der Waals surface area contributed by atoms with Crippen molar-refractivity contribution in [1.82, 2.24) is 10.2 Å². The standard InChI is InChI=1S/C21H25N3O4/c1-2-9-22-19(25)16-4-3-5-18(13-16)23-20(26)15-6-10-24(11-7-15)21(27)17-8-12-28-14-17/h3-5,8,12-15H,2,6-7,9-11H2,1H3,(H,22,25)(H,23,26). The van der Waals surface area contributed by atoms with Gasteiger partial charge in [-0.05, 0) is 43.5 Å². The molecule has 0 radical (unpaired) electrons. The van der Waals surface area contributed by atoms with Crippen LogP contribution in [0.5, 0.6) is 0 Å². The predicted molar refractivity (Wildman–Crippen MR) is 105 cm³/mol. The van der Waals surface area contributed by atoms with E-state index in [4.69, 9.17) is 4.42 Å². The highest BCUT2D eigenvalue weighted by Crippen LogP contribution is 2.21. The molecule has 0 bridgehead atoms. The number of carbonyl (C=O) groups is 3. The van der Waals surface area contributed by atoms with Crippen LogP contribution in [0.4, 0.5) is 5.69 Å². The van der Waals surface area contributed by atoms with Gasteiger partial charge < -0.3 is 20.0 Å². The van der Waals surface area contributed by atoms with Crippen LogP contribution in [0, 0.1) is 5.92 Å². The van der Waals surface area contributed by atoms with Gasteiger partial charge in [0.2, 0.25) is 5.91 Å². The van der Waals surface area contributed by atoms with Crippen molar-refractivity contribution in [1.29, 1.82) is 0 Å². The van der Waals surface area contributed by atoms with Gasteiger partial charge in [-0.3, -0.25) is 14.4 Å². The number of hydrogen-bond donors (Lipinski definition) is 2. The number of piperidine rings is 1. The minimum atomic E-state index is -0.161. The molecule has 0 atom stereocenters. The lowest BCUT2D eigenvalue weighted by Crippen LogP contribution is -2.41. The first-order valence-corrected chi connectivity index (χ1v) is 9.59. The van der Waals surface area contributed by atoms with Gasteiger partial charge in [0.05, 0.1) is 11.8 Å². The fraction of sp³-hybridized carbons (Fsp3) is 0.381. The molecule has 1 aliphatic heterocycles. The predicted octanol–water partition coefficient (Wildman–Crippen LogP) is 2.91. The number of hydrogen-bond acceptors (Lipinski definition) is 4. The number of carbonyl (C=O) groups excluding carboxylic acids is 3. The van der Waals surface area contributed by atoms with Crippen molar-refractivity contribution in [2.75, 3.05) is 25.0 Å². The van der Waals surface area contributed by atoms with E-state index in [-0.39, 0.29) is 23.6 Å². The number of rotatable bonds is 6. The molecule has 3 rings (SSSR count). The Morgan fingerprint density at radius 1 is 1.14 bits per heavy atom. The van der Waals surface area contributed by atoms with Gasteiger partial charge in [-0.1, -0.05) is 13.0 Å². The van der Waals surface area contributed by atoms with Crippen LogP contribution in [0.15, 0.2) is 47.3 Å². The summed E-state index contributed by atoms with van der Waals surface area (Å²) in [5.41, 5.74) is 1.65. The zero-order valence-corrected chi connectivity index (χ0v) is 15.9. The molecule has 0 aliphatic carbocycles. The maximum atomic E-state index is 12.6. The Hall–Kier alpha value is -3.09. The van der Waals surface area contributed by atoms with E-state index in [0.29, 0.717) is 49.3 Å². The minimum Gasteiger partial charge on any atom is -0.472 e. The monoisotopic (exact) mass is 383 g/mol. The number of furan rings is 1. The molecule has 7 nitrogen and oxygen atoms in total. The average Bonchev–Trinajstić information content (AvgIpc) is 3.26. The zero-order chi connectivity index (χ0) is 19.9. The van der Waals surface area contributed by atoms with Crippen molar-refractivity contribution in [3.63, 3.8) is 0 Å². The highest BCUT2D eigenvalue weighted by Gasteiger charge is 2.28. The fourth-order valence-corrected chi connectivity index (χ4v) is 3.24. The third-order valence-corrected chi connectivity index (χ3v) is 4.85. The quantitative estimate of drug-likeness (QED) is 0.802. The Morgan fingerprint density at radius 2 is 1.93 bits per heavy atom. The molecule has 2 N–H and O–H groups in total. The number of benzene rings is 1. The van der Waals surface area contributed by atoms with Gasteiger partial charge in [-0.25, -0.2) is 0 Å². The Kier molecular flexibility index (Phi) is 6.47. The third-order valence-electron chi connectivity index (χ3n) is 4.85. The van der Waals surface area contributed by atoms with Crippen LogP contribution in [0.2, 0.25) is 0 Å². The molecular weight excluding hydrogens is 358 g/mol. The molecule has 1 aliphatic rings. The Morgan fingerprint density at radius 3 is 2.61 bits per heavy atom. The van der Waals surface area contributed by atoms with Crippen molar-refractivity contribution in [2.45, 2.75) is 26.2 Å². The molecule has 1 saturated heterocycles. The van der Waals surface area contributed by atoms with Gasteiger partial charge >= 0.3 is 0 Å². The fourth-order valence-electron chi connectivity index (χ4n) is 3.24. The van der Waals surface area contributed by atoms with Crippen LogP contribution in [0.3, 0.4) is 0 Å². The van der Waals surface area contributed by atoms with Crippen molar-refractivity contribution < 1.29 is 18.8 Å². The average molecular weight is 383 g/mol. The zero-order valence-electron chi connectivity index (χ0n) is 15.9. The second kappa shape index (κ2) is 9.21. The van der Waals surface area contributed by atoms with E-state index in [0.717, 1.165) is 6.42 Å². The van der Waals surface area contributed by atoms with E-state index >= 15 is 0 Å². The van der Waals surface area contributed by atoms with E-state index in [1.807, 2.05) is 6.92 Å². The number of nitrogens with zero attached hydrogens (tertiary/aromatic N) is 1. The lowest BCUT2D eigenvalue weighted by Gasteiger charge is -2.31. The summed E-state index contributed by atoms with van der Waals surface area (Å²) in [4.78, 5) is 38.7. The normalized spacial score (nSPS) is 14.5. The first kappa shape index (κ1) is 19.7. The molecule has 148 valence electrons. The first-order valence-electron chi connectivity index (χ1n) is 9.59. The van der Waals surface area contributed by atoms with Crippen LogP contribution < -0.4 is 10.6 Å². The van der Waals surface area contributed by atoms with Gasteiger partial charge in [0.1, 0.15) is 6.26 Å². The van der Waals surface area contributed by atoms with Crippen molar-refractivity contribution in [3.05, 3.63) is 54.0 Å². The number of likely N-dealkylation sites (tertiary alicyclic amines) is 1. The largest absolute Gasteiger partial charge is 0.472 e. The van der Waals surface area contributed by atoms with E-state index in [1.54, 1.807) is 35.2 Å². The summed E-state index contributed by atoms with van der Waals surface area (Å²) >= 11 is 0. The second-order valence-corrected chi connectivity index (χ2v) is 6.90. The number of nitrogens with one attached hydrogen (secondary N) is 2. The smallest absolute Gasteiger partial charge is 0.257 e. The van der Waals surface area contributed by atoms with Gasteiger partial charge in [0, 0.05) is 36.8 Å². The maximum Gasteiger partial charge on any atom is 0.257 e. The maximum absolute atomic E-state index is 12.6. The summed E-state index contributed by atoms with van der Waals surface area (Å²) in [6, 6.07) is 8.57. The summed E-state index contributed by atoms with van der Waals surface area (Å²) in [5, 5.41) is 5.72. The molecule has 1 aromatic carbocycles. The number of amides is 3. The van der Waals surface area contributed by atoms with Gasteiger partial charge in [-0.15, -0.1) is 0 Å². The molecule has 3 amide bonds. The molecule has 2 aromatic rings. The van der Waals surface area contributed by atoms with Crippen molar-refractivity contribution in [2.24, 2.45) is 5.92 Å². The highest BCUT2D eigenvalue weighted by molar-refractivity contribution is 5.98. The summed E-state index contributed by atoms with van der Waals surface area (Å²) < 4.78 is 4.96. The Bertz CT molecular complexity index is 824. The van der Waals surface area contributed by atoms with Crippen molar-refractivity contribution in [3.8, 4) is 0 Å². The molecule has 0 spiro atoms. The molecule has 0 saturated carbocycles. The molecule has 1 fully saturated rings. The van der Waals surface area contributed by atoms with E-state index in [9.17, 15) is 14.4 Å². The third kappa shape index (κ3) is 4.79. The topological polar surface area (TPSA) is 91.7 Å². The molecule has 1 aromatic heterocycles. The lowest BCUT2D eigenvalue weighted by molar-refractivity contribution is -0.121. The van der Waals surface area contributed by atoms with Crippen LogP contribution in [-0.4, -0.2) is 42.3 Å². The summed E-state index contributed by atoms with van der Waals surface area (Å²) in [6.07, 6.45) is 4.98. The minimum absolute atomic E-state index is 0.0709. The molecule has 0 unspecified atom stereocenters.